The minimum Gasteiger partial charge on any atom is -0.444 e. The lowest BCUT2D eigenvalue weighted by molar-refractivity contribution is 0.0534. The first-order valence-corrected chi connectivity index (χ1v) is 7.08. The lowest BCUT2D eigenvalue weighted by atomic mass is 10.1. The standard InChI is InChI=1S/C15H19BrFNO2/c1-10-7-8-12(17)11(13(10)16)6-5-9-18-14(19)20-15(2,3)4/h5-8H,9H2,1-4H3,(H,18,19). The second-order valence-electron chi connectivity index (χ2n) is 5.38. The summed E-state index contributed by atoms with van der Waals surface area (Å²) in [4.78, 5) is 11.4. The van der Waals surface area contributed by atoms with Crippen LogP contribution >= 0.6 is 15.9 Å². The number of hydrogen-bond donors (Lipinski definition) is 1. The number of carbonyl (C=O) groups excluding carboxylic acids is 1. The third-order valence-electron chi connectivity index (χ3n) is 2.37. The topological polar surface area (TPSA) is 38.3 Å². The van der Waals surface area contributed by atoms with E-state index >= 15 is 0 Å². The maximum atomic E-state index is 13.6. The molecule has 0 aromatic heterocycles. The van der Waals surface area contributed by atoms with Gasteiger partial charge in [-0.1, -0.05) is 18.2 Å². The molecule has 1 aromatic rings. The molecular weight excluding hydrogens is 325 g/mol. The first-order valence-electron chi connectivity index (χ1n) is 6.28. The van der Waals surface area contributed by atoms with E-state index in [0.717, 1.165) is 5.56 Å². The van der Waals surface area contributed by atoms with Crippen molar-refractivity contribution < 1.29 is 13.9 Å². The van der Waals surface area contributed by atoms with Gasteiger partial charge >= 0.3 is 6.09 Å². The van der Waals surface area contributed by atoms with E-state index in [-0.39, 0.29) is 12.4 Å². The van der Waals surface area contributed by atoms with Gasteiger partial charge in [-0.15, -0.1) is 0 Å². The second kappa shape index (κ2) is 6.88. The normalized spacial score (nSPS) is 11.7. The van der Waals surface area contributed by atoms with Crippen molar-refractivity contribution in [3.8, 4) is 0 Å². The van der Waals surface area contributed by atoms with Crippen LogP contribution in [0.2, 0.25) is 0 Å². The molecule has 5 heteroatoms. The van der Waals surface area contributed by atoms with Gasteiger partial charge in [0.05, 0.1) is 0 Å². The highest BCUT2D eigenvalue weighted by Crippen LogP contribution is 2.25. The summed E-state index contributed by atoms with van der Waals surface area (Å²) in [6.45, 7) is 7.54. The lowest BCUT2D eigenvalue weighted by Crippen LogP contribution is -2.32. The Morgan fingerprint density at radius 1 is 1.45 bits per heavy atom. The van der Waals surface area contributed by atoms with Crippen LogP contribution in [-0.2, 0) is 4.74 Å². The summed E-state index contributed by atoms with van der Waals surface area (Å²) in [6, 6.07) is 3.12. The van der Waals surface area contributed by atoms with Crippen molar-refractivity contribution in [3.63, 3.8) is 0 Å². The number of hydrogen-bond acceptors (Lipinski definition) is 2. The summed E-state index contributed by atoms with van der Waals surface area (Å²) in [7, 11) is 0. The molecule has 110 valence electrons. The van der Waals surface area contributed by atoms with Crippen molar-refractivity contribution in [1.82, 2.24) is 5.32 Å². The third-order valence-corrected chi connectivity index (χ3v) is 3.42. The van der Waals surface area contributed by atoms with Crippen LogP contribution in [0.1, 0.15) is 31.9 Å². The van der Waals surface area contributed by atoms with E-state index in [1.54, 1.807) is 39.0 Å². The van der Waals surface area contributed by atoms with Crippen molar-refractivity contribution in [2.24, 2.45) is 0 Å². The predicted octanol–water partition coefficient (Wildman–Crippen LogP) is 4.43. The van der Waals surface area contributed by atoms with Crippen molar-refractivity contribution in [3.05, 3.63) is 39.6 Å². The molecule has 0 aliphatic heterocycles. The summed E-state index contributed by atoms with van der Waals surface area (Å²) in [5.41, 5.74) is 0.890. The highest BCUT2D eigenvalue weighted by Gasteiger charge is 2.15. The molecule has 0 radical (unpaired) electrons. The van der Waals surface area contributed by atoms with Gasteiger partial charge in [0.1, 0.15) is 11.4 Å². The van der Waals surface area contributed by atoms with Crippen LogP contribution in [0.25, 0.3) is 6.08 Å². The summed E-state index contributed by atoms with van der Waals surface area (Å²) in [5.74, 6) is -0.309. The molecule has 20 heavy (non-hydrogen) atoms. The number of carbonyl (C=O) groups is 1. The van der Waals surface area contributed by atoms with Crippen LogP contribution in [0.15, 0.2) is 22.7 Å². The maximum absolute atomic E-state index is 13.6. The van der Waals surface area contributed by atoms with E-state index in [2.05, 4.69) is 21.2 Å². The third kappa shape index (κ3) is 5.33. The SMILES string of the molecule is Cc1ccc(F)c(C=CCNC(=O)OC(C)(C)C)c1Br. The van der Waals surface area contributed by atoms with Gasteiger partial charge in [0.2, 0.25) is 0 Å². The van der Waals surface area contributed by atoms with Crippen LogP contribution < -0.4 is 5.32 Å². The molecule has 0 saturated heterocycles. The number of aryl methyl sites for hydroxylation is 1. The van der Waals surface area contributed by atoms with Crippen molar-refractivity contribution in [2.45, 2.75) is 33.3 Å². The minimum atomic E-state index is -0.528. The van der Waals surface area contributed by atoms with Crippen molar-refractivity contribution in [2.75, 3.05) is 6.54 Å². The monoisotopic (exact) mass is 343 g/mol. The number of halogens is 2. The van der Waals surface area contributed by atoms with Crippen molar-refractivity contribution >= 4 is 28.1 Å². The number of rotatable bonds is 3. The minimum absolute atomic E-state index is 0.273. The zero-order valence-electron chi connectivity index (χ0n) is 12.1. The van der Waals surface area contributed by atoms with Crippen LogP contribution in [0.3, 0.4) is 0 Å². The summed E-state index contributed by atoms with van der Waals surface area (Å²) in [5, 5.41) is 2.58. The largest absolute Gasteiger partial charge is 0.444 e. The molecule has 1 rings (SSSR count). The van der Waals surface area contributed by atoms with E-state index < -0.39 is 11.7 Å². The molecular formula is C15H19BrFNO2. The van der Waals surface area contributed by atoms with E-state index in [1.165, 1.54) is 6.07 Å². The molecule has 0 heterocycles. The lowest BCUT2D eigenvalue weighted by Gasteiger charge is -2.19. The molecule has 0 unspecified atom stereocenters. The van der Waals surface area contributed by atoms with Gasteiger partial charge in [0, 0.05) is 16.6 Å². The molecule has 3 nitrogen and oxygen atoms in total. The van der Waals surface area contributed by atoms with Gasteiger partial charge in [-0.2, -0.15) is 0 Å². The van der Waals surface area contributed by atoms with E-state index in [4.69, 9.17) is 4.74 Å². The van der Waals surface area contributed by atoms with Gasteiger partial charge < -0.3 is 10.1 Å². The van der Waals surface area contributed by atoms with E-state index in [0.29, 0.717) is 10.0 Å². The molecule has 0 atom stereocenters. The second-order valence-corrected chi connectivity index (χ2v) is 6.17. The quantitative estimate of drug-likeness (QED) is 0.881. The zero-order chi connectivity index (χ0) is 15.3. The molecule has 0 spiro atoms. The van der Waals surface area contributed by atoms with Gasteiger partial charge in [0.15, 0.2) is 0 Å². The van der Waals surface area contributed by atoms with Crippen LogP contribution in [0, 0.1) is 12.7 Å². The maximum Gasteiger partial charge on any atom is 0.407 e. The Kier molecular flexibility index (Phi) is 5.74. The van der Waals surface area contributed by atoms with Crippen LogP contribution in [0.4, 0.5) is 9.18 Å². The van der Waals surface area contributed by atoms with Crippen LogP contribution in [0.5, 0.6) is 0 Å². The summed E-state index contributed by atoms with van der Waals surface area (Å²) >= 11 is 3.35. The Bertz CT molecular complexity index is 521. The Morgan fingerprint density at radius 2 is 2.10 bits per heavy atom. The molecule has 1 aromatic carbocycles. The Balaban J connectivity index is 2.59. The number of benzene rings is 1. The first-order chi connectivity index (χ1) is 9.20. The van der Waals surface area contributed by atoms with Gasteiger partial charge in [0.25, 0.3) is 0 Å². The Labute approximate surface area is 127 Å². The molecule has 1 N–H and O–H groups in total. The average Bonchev–Trinajstić information content (AvgIpc) is 2.31. The van der Waals surface area contributed by atoms with Gasteiger partial charge in [-0.05, 0) is 55.3 Å². The molecule has 1 amide bonds. The van der Waals surface area contributed by atoms with E-state index in [9.17, 15) is 9.18 Å². The van der Waals surface area contributed by atoms with Crippen LogP contribution in [-0.4, -0.2) is 18.2 Å². The summed E-state index contributed by atoms with van der Waals surface area (Å²) in [6.07, 6.45) is 2.81. The number of nitrogens with one attached hydrogen (secondary N) is 1. The highest BCUT2D eigenvalue weighted by molar-refractivity contribution is 9.10. The highest BCUT2D eigenvalue weighted by atomic mass is 79.9. The first kappa shape index (κ1) is 16.7. The predicted molar refractivity (Wildman–Crippen MR) is 82.1 cm³/mol. The molecule has 0 fully saturated rings. The number of ether oxygens (including phenoxy) is 1. The fourth-order valence-corrected chi connectivity index (χ4v) is 1.92. The Hall–Kier alpha value is -1.36. The smallest absolute Gasteiger partial charge is 0.407 e. The fraction of sp³-hybridized carbons (Fsp3) is 0.400. The van der Waals surface area contributed by atoms with Gasteiger partial charge in [-0.3, -0.25) is 0 Å². The molecule has 0 aliphatic carbocycles. The zero-order valence-corrected chi connectivity index (χ0v) is 13.7. The number of alkyl carbamates (subject to hydrolysis) is 1. The molecule has 0 aliphatic rings. The fourth-order valence-electron chi connectivity index (χ4n) is 1.46. The molecule has 0 saturated carbocycles. The average molecular weight is 344 g/mol. The van der Waals surface area contributed by atoms with Gasteiger partial charge in [-0.25, -0.2) is 9.18 Å². The van der Waals surface area contributed by atoms with Crippen molar-refractivity contribution in [1.29, 1.82) is 0 Å². The molecule has 0 bridgehead atoms. The van der Waals surface area contributed by atoms with E-state index in [1.807, 2.05) is 6.92 Å². The number of amides is 1. The Morgan fingerprint density at radius 3 is 2.70 bits per heavy atom. The summed E-state index contributed by atoms with van der Waals surface area (Å²) < 4.78 is 19.4.